The highest BCUT2D eigenvalue weighted by Crippen LogP contribution is 2.48. The van der Waals surface area contributed by atoms with Crippen molar-refractivity contribution in [3.63, 3.8) is 0 Å². The lowest BCUT2D eigenvalue weighted by atomic mass is 9.84. The number of benzene rings is 2. The summed E-state index contributed by atoms with van der Waals surface area (Å²) in [4.78, 5) is 17.0. The van der Waals surface area contributed by atoms with Crippen LogP contribution in [0.25, 0.3) is 5.70 Å². The predicted octanol–water partition coefficient (Wildman–Crippen LogP) is 4.12. The van der Waals surface area contributed by atoms with Gasteiger partial charge in [-0.05, 0) is 42.0 Å². The van der Waals surface area contributed by atoms with E-state index in [2.05, 4.69) is 38.7 Å². The quantitative estimate of drug-likeness (QED) is 0.672. The molecule has 1 aromatic heterocycles. The summed E-state index contributed by atoms with van der Waals surface area (Å²) in [6.07, 6.45) is 5.89. The van der Waals surface area contributed by atoms with Crippen molar-refractivity contribution in [3.05, 3.63) is 89.8 Å². The molecule has 0 amide bonds. The van der Waals surface area contributed by atoms with Crippen LogP contribution in [0, 0.1) is 0 Å². The molecule has 1 atom stereocenters. The first-order valence-electron chi connectivity index (χ1n) is 9.81. The third-order valence-electron chi connectivity index (χ3n) is 5.90. The Labute approximate surface area is 174 Å². The largest absolute Gasteiger partial charge is 0.497 e. The van der Waals surface area contributed by atoms with Crippen LogP contribution in [0.15, 0.2) is 87.9 Å². The number of aromatic nitrogens is 1. The molecule has 30 heavy (non-hydrogen) atoms. The summed E-state index contributed by atoms with van der Waals surface area (Å²) < 4.78 is 7.49. The number of fused-ring (bicyclic) bond motifs is 2. The maximum Gasteiger partial charge on any atom is 0.232 e. The third kappa shape index (κ3) is 2.10. The van der Waals surface area contributed by atoms with Gasteiger partial charge >= 0.3 is 0 Å². The van der Waals surface area contributed by atoms with E-state index in [4.69, 9.17) is 14.7 Å². The first-order chi connectivity index (χ1) is 14.7. The zero-order valence-electron chi connectivity index (χ0n) is 16.6. The first kappa shape index (κ1) is 17.0. The Morgan fingerprint density at radius 1 is 0.967 bits per heavy atom. The van der Waals surface area contributed by atoms with E-state index in [-0.39, 0.29) is 0 Å². The van der Waals surface area contributed by atoms with Crippen LogP contribution < -0.4 is 4.74 Å². The van der Waals surface area contributed by atoms with Crippen molar-refractivity contribution in [3.8, 4) is 5.75 Å². The molecule has 0 saturated carbocycles. The van der Waals surface area contributed by atoms with E-state index in [0.717, 1.165) is 39.8 Å². The monoisotopic (exact) mass is 393 g/mol. The Kier molecular flexibility index (Phi) is 3.41. The molecule has 0 bridgehead atoms. The Morgan fingerprint density at radius 2 is 1.80 bits per heavy atom. The van der Waals surface area contributed by atoms with Crippen molar-refractivity contribution in [1.29, 1.82) is 0 Å². The summed E-state index contributed by atoms with van der Waals surface area (Å²) in [5, 5.41) is 0. The standard InChI is InChI=1S/C24H19N5O/c1-28-15-5-8-21(28)24(16-9-11-17(30-2)12-10-16)22-26-19-7-4-3-6-18(19)20-13-14-25-23(27-24)29(20)22/h3-15H,1-2H3. The third-order valence-corrected chi connectivity index (χ3v) is 5.90. The van der Waals surface area contributed by atoms with Crippen molar-refractivity contribution in [2.24, 2.45) is 22.0 Å². The number of hydrogen-bond donors (Lipinski definition) is 0. The van der Waals surface area contributed by atoms with Gasteiger partial charge in [-0.3, -0.25) is 4.90 Å². The molecule has 3 aliphatic rings. The SMILES string of the molecule is COc1ccc(C2(c3cccn3C)N=C3N=CC=C4c5ccccc5N=C2N43)cc1. The van der Waals surface area contributed by atoms with E-state index < -0.39 is 5.54 Å². The number of ether oxygens (including phenoxy) is 1. The Balaban J connectivity index is 1.70. The second-order valence-electron chi connectivity index (χ2n) is 7.47. The average molecular weight is 393 g/mol. The molecule has 0 saturated heterocycles. The predicted molar refractivity (Wildman–Crippen MR) is 118 cm³/mol. The van der Waals surface area contributed by atoms with Crippen LogP contribution in [0.3, 0.4) is 0 Å². The van der Waals surface area contributed by atoms with Crippen LogP contribution in [0.1, 0.15) is 16.8 Å². The van der Waals surface area contributed by atoms with Gasteiger partial charge in [0, 0.05) is 25.0 Å². The molecule has 3 aliphatic heterocycles. The summed E-state index contributed by atoms with van der Waals surface area (Å²) in [6.45, 7) is 0. The lowest BCUT2D eigenvalue weighted by molar-refractivity contribution is 0.414. The van der Waals surface area contributed by atoms with Gasteiger partial charge < -0.3 is 9.30 Å². The molecule has 3 aromatic rings. The van der Waals surface area contributed by atoms with Gasteiger partial charge in [-0.1, -0.05) is 30.3 Å². The molecule has 0 aliphatic carbocycles. The summed E-state index contributed by atoms with van der Waals surface area (Å²) in [6, 6.07) is 20.4. The average Bonchev–Trinajstić information content (AvgIpc) is 3.37. The fraction of sp³-hybridized carbons (Fsp3) is 0.125. The number of para-hydroxylation sites is 1. The van der Waals surface area contributed by atoms with E-state index in [1.54, 1.807) is 7.11 Å². The molecule has 0 N–H and O–H groups in total. The molecule has 1 unspecified atom stereocenters. The van der Waals surface area contributed by atoms with Gasteiger partial charge in [-0.25, -0.2) is 15.0 Å². The first-order valence-corrected chi connectivity index (χ1v) is 9.81. The van der Waals surface area contributed by atoms with Gasteiger partial charge in [0.05, 0.1) is 24.2 Å². The van der Waals surface area contributed by atoms with Gasteiger partial charge in [0.2, 0.25) is 5.96 Å². The maximum absolute atomic E-state index is 5.39. The number of aryl methyl sites for hydroxylation is 1. The lowest BCUT2D eigenvalue weighted by Crippen LogP contribution is -2.43. The number of aliphatic imine (C=N–C) groups is 3. The summed E-state index contributed by atoms with van der Waals surface area (Å²) in [7, 11) is 3.71. The zero-order valence-corrected chi connectivity index (χ0v) is 16.6. The fourth-order valence-corrected chi connectivity index (χ4v) is 4.49. The number of guanidine groups is 1. The Morgan fingerprint density at radius 3 is 2.57 bits per heavy atom. The summed E-state index contributed by atoms with van der Waals surface area (Å²) in [5.74, 6) is 2.29. The molecular weight excluding hydrogens is 374 g/mol. The van der Waals surface area contributed by atoms with Crippen LogP contribution in [0.2, 0.25) is 0 Å². The number of allylic oxidation sites excluding steroid dienone is 1. The molecule has 6 nitrogen and oxygen atoms in total. The van der Waals surface area contributed by atoms with Crippen LogP contribution in [0.5, 0.6) is 5.75 Å². The normalized spacial score (nSPS) is 20.9. The van der Waals surface area contributed by atoms with Crippen LogP contribution >= 0.6 is 0 Å². The minimum atomic E-state index is -0.811. The summed E-state index contributed by atoms with van der Waals surface area (Å²) >= 11 is 0. The molecule has 146 valence electrons. The van der Waals surface area contributed by atoms with Gasteiger partial charge in [-0.2, -0.15) is 0 Å². The smallest absolute Gasteiger partial charge is 0.232 e. The minimum absolute atomic E-state index is 0.651. The highest BCUT2D eigenvalue weighted by atomic mass is 16.5. The molecule has 0 fully saturated rings. The zero-order chi connectivity index (χ0) is 20.3. The van der Waals surface area contributed by atoms with Crippen molar-refractivity contribution in [1.82, 2.24) is 9.47 Å². The van der Waals surface area contributed by atoms with Crippen LogP contribution in [-0.2, 0) is 12.6 Å². The molecule has 2 aromatic carbocycles. The summed E-state index contributed by atoms with van der Waals surface area (Å²) in [5.41, 5.74) is 4.30. The lowest BCUT2D eigenvalue weighted by Gasteiger charge is -2.35. The van der Waals surface area contributed by atoms with E-state index in [9.17, 15) is 0 Å². The highest BCUT2D eigenvalue weighted by molar-refractivity contribution is 6.23. The molecule has 0 spiro atoms. The number of rotatable bonds is 3. The van der Waals surface area contributed by atoms with E-state index in [1.165, 1.54) is 0 Å². The van der Waals surface area contributed by atoms with E-state index in [1.807, 2.05) is 61.9 Å². The van der Waals surface area contributed by atoms with Crippen molar-refractivity contribution in [2.45, 2.75) is 5.54 Å². The van der Waals surface area contributed by atoms with Crippen LogP contribution in [-0.4, -0.2) is 34.6 Å². The van der Waals surface area contributed by atoms with Crippen molar-refractivity contribution in [2.75, 3.05) is 7.11 Å². The molecule has 4 heterocycles. The second kappa shape index (κ2) is 6.03. The van der Waals surface area contributed by atoms with E-state index in [0.29, 0.717) is 5.96 Å². The van der Waals surface area contributed by atoms with Crippen molar-refractivity contribution < 1.29 is 4.74 Å². The highest BCUT2D eigenvalue weighted by Gasteiger charge is 2.53. The van der Waals surface area contributed by atoms with Crippen LogP contribution in [0.4, 0.5) is 5.69 Å². The van der Waals surface area contributed by atoms with Crippen molar-refractivity contribution >= 4 is 29.4 Å². The molecular formula is C24H19N5O. The Hall–Kier alpha value is -3.93. The topological polar surface area (TPSA) is 54.5 Å². The number of nitrogens with zero attached hydrogens (tertiary/aromatic N) is 5. The number of hydrogen-bond acceptors (Lipinski definition) is 5. The fourth-order valence-electron chi connectivity index (χ4n) is 4.49. The van der Waals surface area contributed by atoms with E-state index >= 15 is 0 Å². The molecule has 6 heteroatoms. The maximum atomic E-state index is 5.39. The van der Waals surface area contributed by atoms with Gasteiger partial charge in [0.15, 0.2) is 11.4 Å². The van der Waals surface area contributed by atoms with Gasteiger partial charge in [0.1, 0.15) is 5.75 Å². The minimum Gasteiger partial charge on any atom is -0.497 e. The second-order valence-corrected chi connectivity index (χ2v) is 7.47. The molecule has 0 radical (unpaired) electrons. The van der Waals surface area contributed by atoms with Gasteiger partial charge in [-0.15, -0.1) is 0 Å². The number of methoxy groups -OCH3 is 1. The Bertz CT molecular complexity index is 1300. The number of amidine groups is 1. The van der Waals surface area contributed by atoms with Gasteiger partial charge in [0.25, 0.3) is 0 Å². The molecule has 6 rings (SSSR count).